The van der Waals surface area contributed by atoms with E-state index in [0.29, 0.717) is 10.8 Å². The van der Waals surface area contributed by atoms with E-state index in [1.807, 2.05) is 0 Å². The molecule has 0 heterocycles. The summed E-state index contributed by atoms with van der Waals surface area (Å²) in [6.07, 6.45) is 3.45. The summed E-state index contributed by atoms with van der Waals surface area (Å²) in [5, 5.41) is 22.5. The SMILES string of the molecule is CCCCNCC(=O)O.COc1ccc(C=NO)cc1Cl. The third kappa shape index (κ3) is 9.70. The first-order valence-electron chi connectivity index (χ1n) is 6.48. The number of aliphatic carboxylic acids is 1. The van der Waals surface area contributed by atoms with Crippen LogP contribution in [0.4, 0.5) is 0 Å². The van der Waals surface area contributed by atoms with E-state index >= 15 is 0 Å². The fourth-order valence-corrected chi connectivity index (χ4v) is 1.59. The van der Waals surface area contributed by atoms with Crippen molar-refractivity contribution in [2.45, 2.75) is 19.8 Å². The first-order chi connectivity index (χ1) is 10.0. The molecule has 1 aromatic rings. The van der Waals surface area contributed by atoms with Gasteiger partial charge in [0.2, 0.25) is 0 Å². The fourth-order valence-electron chi connectivity index (χ4n) is 1.33. The molecule has 0 aliphatic rings. The van der Waals surface area contributed by atoms with Crippen LogP contribution in [-0.4, -0.2) is 42.7 Å². The summed E-state index contributed by atoms with van der Waals surface area (Å²) in [5.74, 6) is -0.183. The highest BCUT2D eigenvalue weighted by Crippen LogP contribution is 2.24. The molecule has 7 heteroatoms. The molecule has 0 bridgehead atoms. The average Bonchev–Trinajstić information content (AvgIpc) is 2.45. The number of halogens is 1. The Hall–Kier alpha value is -1.79. The Balaban J connectivity index is 0.000000400. The standard InChI is InChI=1S/C8H8ClNO2.C6H13NO2/c1-12-8-3-2-6(5-10-11)4-7(8)9;1-2-3-4-7-5-6(8)9/h2-5,11H,1H3;7H,2-5H2,1H3,(H,8,9). The number of carboxylic acids is 1. The van der Waals surface area contributed by atoms with E-state index < -0.39 is 5.97 Å². The summed E-state index contributed by atoms with van der Waals surface area (Å²) in [5.41, 5.74) is 0.725. The van der Waals surface area contributed by atoms with Gasteiger partial charge >= 0.3 is 5.97 Å². The van der Waals surface area contributed by atoms with Crippen molar-refractivity contribution in [1.29, 1.82) is 0 Å². The molecule has 6 nitrogen and oxygen atoms in total. The first-order valence-corrected chi connectivity index (χ1v) is 6.86. The molecule has 0 aliphatic carbocycles. The minimum absolute atomic E-state index is 0.0833. The molecule has 0 fully saturated rings. The topological polar surface area (TPSA) is 91.2 Å². The number of carboxylic acid groups (broad SMARTS) is 1. The molecule has 0 atom stereocenters. The lowest BCUT2D eigenvalue weighted by atomic mass is 10.2. The van der Waals surface area contributed by atoms with Crippen molar-refractivity contribution in [3.05, 3.63) is 28.8 Å². The maximum Gasteiger partial charge on any atom is 0.317 e. The Morgan fingerprint density at radius 2 is 2.24 bits per heavy atom. The van der Waals surface area contributed by atoms with Gasteiger partial charge in [0.25, 0.3) is 0 Å². The van der Waals surface area contributed by atoms with Crippen molar-refractivity contribution >= 4 is 23.8 Å². The maximum atomic E-state index is 9.90. The highest BCUT2D eigenvalue weighted by Gasteiger charge is 1.99. The molecule has 0 radical (unpaired) electrons. The van der Waals surface area contributed by atoms with Crippen molar-refractivity contribution in [3.8, 4) is 5.75 Å². The summed E-state index contributed by atoms with van der Waals surface area (Å²) < 4.78 is 4.94. The van der Waals surface area contributed by atoms with Crippen LogP contribution in [0, 0.1) is 0 Å². The predicted octanol–water partition coefficient (Wildman–Crippen LogP) is 2.62. The molecular weight excluding hydrogens is 296 g/mol. The number of unbranched alkanes of at least 4 members (excludes halogenated alkanes) is 1. The van der Waals surface area contributed by atoms with Crippen molar-refractivity contribution in [2.24, 2.45) is 5.16 Å². The van der Waals surface area contributed by atoms with Gasteiger partial charge in [-0.2, -0.15) is 0 Å². The Labute approximate surface area is 129 Å². The normalized spacial score (nSPS) is 10.0. The van der Waals surface area contributed by atoms with Gasteiger partial charge in [0.15, 0.2) is 0 Å². The van der Waals surface area contributed by atoms with Gasteiger partial charge in [-0.05, 0) is 36.7 Å². The molecule has 0 aromatic heterocycles. The number of rotatable bonds is 7. The minimum Gasteiger partial charge on any atom is -0.495 e. The second-order valence-corrected chi connectivity index (χ2v) is 4.47. The second kappa shape index (κ2) is 12.0. The number of oxime groups is 1. The molecule has 0 amide bonds. The van der Waals surface area contributed by atoms with Crippen LogP contribution in [0.3, 0.4) is 0 Å². The lowest BCUT2D eigenvalue weighted by Crippen LogP contribution is -2.23. The predicted molar refractivity (Wildman–Crippen MR) is 82.8 cm³/mol. The molecule has 3 N–H and O–H groups in total. The van der Waals surface area contributed by atoms with E-state index in [9.17, 15) is 4.79 Å². The first kappa shape index (κ1) is 19.2. The molecule has 0 saturated heterocycles. The Kier molecular flexibility index (Phi) is 11.0. The zero-order valence-corrected chi connectivity index (χ0v) is 12.9. The van der Waals surface area contributed by atoms with E-state index in [1.165, 1.54) is 6.21 Å². The van der Waals surface area contributed by atoms with Crippen LogP contribution < -0.4 is 10.1 Å². The highest BCUT2D eigenvalue weighted by molar-refractivity contribution is 6.32. The van der Waals surface area contributed by atoms with Gasteiger partial charge in [-0.3, -0.25) is 4.79 Å². The summed E-state index contributed by atoms with van der Waals surface area (Å²) in [7, 11) is 1.54. The second-order valence-electron chi connectivity index (χ2n) is 4.06. The van der Waals surface area contributed by atoms with Gasteiger partial charge in [0.1, 0.15) is 5.75 Å². The number of benzene rings is 1. The molecule has 1 rings (SSSR count). The summed E-state index contributed by atoms with van der Waals surface area (Å²) >= 11 is 5.80. The van der Waals surface area contributed by atoms with Gasteiger partial charge in [0.05, 0.1) is 24.9 Å². The summed E-state index contributed by atoms with van der Waals surface area (Å²) in [6, 6.07) is 5.10. The van der Waals surface area contributed by atoms with Gasteiger partial charge in [-0.1, -0.05) is 30.1 Å². The quantitative estimate of drug-likeness (QED) is 0.311. The van der Waals surface area contributed by atoms with Crippen LogP contribution in [0.2, 0.25) is 5.02 Å². The van der Waals surface area contributed by atoms with E-state index in [2.05, 4.69) is 17.4 Å². The number of methoxy groups -OCH3 is 1. The fraction of sp³-hybridized carbons (Fsp3) is 0.429. The summed E-state index contributed by atoms with van der Waals surface area (Å²) in [4.78, 5) is 9.90. The third-order valence-corrected chi connectivity index (χ3v) is 2.66. The van der Waals surface area contributed by atoms with Gasteiger partial charge in [0, 0.05) is 0 Å². The monoisotopic (exact) mass is 316 g/mol. The van der Waals surface area contributed by atoms with Crippen LogP contribution in [0.1, 0.15) is 25.3 Å². The van der Waals surface area contributed by atoms with Crippen LogP contribution in [0.25, 0.3) is 0 Å². The number of ether oxygens (including phenoxy) is 1. The molecule has 1 aromatic carbocycles. The van der Waals surface area contributed by atoms with Crippen LogP contribution in [0.15, 0.2) is 23.4 Å². The van der Waals surface area contributed by atoms with Gasteiger partial charge in [-0.25, -0.2) is 0 Å². The highest BCUT2D eigenvalue weighted by atomic mass is 35.5. The molecule has 0 aliphatic heterocycles. The number of hydrogen-bond donors (Lipinski definition) is 3. The van der Waals surface area contributed by atoms with Gasteiger partial charge < -0.3 is 20.4 Å². The molecule has 0 spiro atoms. The average molecular weight is 317 g/mol. The molecule has 21 heavy (non-hydrogen) atoms. The van der Waals surface area contributed by atoms with Crippen LogP contribution >= 0.6 is 11.6 Å². The molecule has 0 saturated carbocycles. The lowest BCUT2D eigenvalue weighted by Gasteiger charge is -2.01. The van der Waals surface area contributed by atoms with E-state index in [4.69, 9.17) is 26.7 Å². The Bertz CT molecular complexity index is 453. The van der Waals surface area contributed by atoms with E-state index in [-0.39, 0.29) is 6.54 Å². The van der Waals surface area contributed by atoms with Crippen molar-refractivity contribution < 1.29 is 19.8 Å². The molecule has 118 valence electrons. The van der Waals surface area contributed by atoms with Gasteiger partial charge in [-0.15, -0.1) is 0 Å². The zero-order valence-electron chi connectivity index (χ0n) is 12.2. The zero-order chi connectivity index (χ0) is 16.1. The smallest absolute Gasteiger partial charge is 0.317 e. The molecular formula is C14H21ClN2O4. The maximum absolute atomic E-state index is 9.90. The van der Waals surface area contributed by atoms with Crippen molar-refractivity contribution in [3.63, 3.8) is 0 Å². The number of carbonyl (C=O) groups is 1. The number of nitrogens with one attached hydrogen (secondary N) is 1. The van der Waals surface area contributed by atoms with E-state index in [0.717, 1.165) is 24.9 Å². The van der Waals surface area contributed by atoms with Crippen molar-refractivity contribution in [1.82, 2.24) is 5.32 Å². The Morgan fingerprint density at radius 3 is 2.71 bits per heavy atom. The number of hydrogen-bond acceptors (Lipinski definition) is 5. The summed E-state index contributed by atoms with van der Waals surface area (Å²) in [6.45, 7) is 2.96. The third-order valence-electron chi connectivity index (χ3n) is 2.37. The van der Waals surface area contributed by atoms with Crippen molar-refractivity contribution in [2.75, 3.05) is 20.2 Å². The van der Waals surface area contributed by atoms with Crippen LogP contribution in [-0.2, 0) is 4.79 Å². The van der Waals surface area contributed by atoms with E-state index in [1.54, 1.807) is 25.3 Å². The Morgan fingerprint density at radius 1 is 1.52 bits per heavy atom. The molecule has 0 unspecified atom stereocenters. The van der Waals surface area contributed by atoms with Crippen LogP contribution in [0.5, 0.6) is 5.75 Å². The minimum atomic E-state index is -0.786. The number of nitrogens with zero attached hydrogens (tertiary/aromatic N) is 1. The lowest BCUT2D eigenvalue weighted by molar-refractivity contribution is -0.135. The largest absolute Gasteiger partial charge is 0.495 e.